The number of rotatable bonds is 6. The Morgan fingerprint density at radius 2 is 2.08 bits per heavy atom. The summed E-state index contributed by atoms with van der Waals surface area (Å²) in [5.74, 6) is -0.831. The van der Waals surface area contributed by atoms with Gasteiger partial charge < -0.3 is 9.64 Å². The van der Waals surface area contributed by atoms with Gasteiger partial charge in [-0.25, -0.2) is 4.39 Å². The normalized spacial score (nSPS) is 11.7. The third-order valence-corrected chi connectivity index (χ3v) is 3.69. The van der Waals surface area contributed by atoms with Crippen LogP contribution in [0.1, 0.15) is 12.5 Å². The molecule has 0 aromatic heterocycles. The smallest absolute Gasteiger partial charge is 0.312 e. The summed E-state index contributed by atoms with van der Waals surface area (Å²) in [6.45, 7) is 1.68. The van der Waals surface area contributed by atoms with Crippen LogP contribution in [0, 0.1) is 15.9 Å². The predicted octanol–water partition coefficient (Wildman–Crippen LogP) is 3.81. The van der Waals surface area contributed by atoms with Crippen LogP contribution in [0.4, 0.5) is 10.1 Å². The Hall–Kier alpha value is -2.67. The van der Waals surface area contributed by atoms with Crippen LogP contribution in [0.15, 0.2) is 42.5 Å². The number of halogens is 2. The number of hydrogen-bond acceptors (Lipinski definition) is 4. The van der Waals surface area contributed by atoms with Crippen LogP contribution in [0.5, 0.6) is 5.75 Å². The number of carbonyl (C=O) groups excluding carboxylic acids is 1. The number of amides is 1. The van der Waals surface area contributed by atoms with E-state index in [0.29, 0.717) is 5.56 Å². The summed E-state index contributed by atoms with van der Waals surface area (Å²) in [7, 11) is 1.55. The fraction of sp³-hybridized carbons (Fsp3) is 0.235. The zero-order valence-electron chi connectivity index (χ0n) is 13.6. The van der Waals surface area contributed by atoms with E-state index in [9.17, 15) is 19.3 Å². The molecule has 2 rings (SSSR count). The van der Waals surface area contributed by atoms with Crippen LogP contribution in [0.25, 0.3) is 0 Å². The van der Waals surface area contributed by atoms with Crippen molar-refractivity contribution < 1.29 is 18.8 Å². The molecule has 6 nitrogen and oxygen atoms in total. The lowest BCUT2D eigenvalue weighted by atomic mass is 10.2. The Labute approximate surface area is 148 Å². The van der Waals surface area contributed by atoms with E-state index in [4.69, 9.17) is 16.3 Å². The van der Waals surface area contributed by atoms with Gasteiger partial charge in [-0.05, 0) is 36.8 Å². The van der Waals surface area contributed by atoms with Crippen LogP contribution in [0.3, 0.4) is 0 Å². The van der Waals surface area contributed by atoms with Gasteiger partial charge in [0.25, 0.3) is 5.91 Å². The van der Waals surface area contributed by atoms with Gasteiger partial charge >= 0.3 is 5.69 Å². The maximum absolute atomic E-state index is 13.2. The van der Waals surface area contributed by atoms with E-state index in [0.717, 1.165) is 6.07 Å². The summed E-state index contributed by atoms with van der Waals surface area (Å²) >= 11 is 5.75. The lowest BCUT2D eigenvalue weighted by Crippen LogP contribution is -2.37. The van der Waals surface area contributed by atoms with E-state index in [1.807, 2.05) is 0 Å². The Morgan fingerprint density at radius 3 is 2.72 bits per heavy atom. The van der Waals surface area contributed by atoms with Gasteiger partial charge in [-0.2, -0.15) is 0 Å². The highest BCUT2D eigenvalue weighted by atomic mass is 35.5. The Bertz CT molecular complexity index is 800. The Kier molecular flexibility index (Phi) is 5.93. The molecule has 2 aromatic carbocycles. The van der Waals surface area contributed by atoms with Gasteiger partial charge in [-0.15, -0.1) is 0 Å². The SMILES string of the molecule is C[C@H](Oc1ccc(Cl)cc1[N+](=O)[O-])C(=O)N(C)Cc1cccc(F)c1. The van der Waals surface area contributed by atoms with Crippen LogP contribution in [0.2, 0.25) is 5.02 Å². The monoisotopic (exact) mass is 366 g/mol. The first-order chi connectivity index (χ1) is 11.8. The third-order valence-electron chi connectivity index (χ3n) is 3.45. The van der Waals surface area contributed by atoms with Crippen molar-refractivity contribution in [3.8, 4) is 5.75 Å². The molecule has 0 unspecified atom stereocenters. The largest absolute Gasteiger partial charge is 0.474 e. The average Bonchev–Trinajstić information content (AvgIpc) is 2.55. The van der Waals surface area contributed by atoms with Crippen LogP contribution in [-0.2, 0) is 11.3 Å². The molecular weight excluding hydrogens is 351 g/mol. The summed E-state index contributed by atoms with van der Waals surface area (Å²) in [6, 6.07) is 9.84. The molecule has 0 aliphatic heterocycles. The molecule has 0 spiro atoms. The van der Waals surface area contributed by atoms with E-state index in [2.05, 4.69) is 0 Å². The molecule has 0 fully saturated rings. The molecule has 0 radical (unpaired) electrons. The van der Waals surface area contributed by atoms with Crippen molar-refractivity contribution >= 4 is 23.2 Å². The third kappa shape index (κ3) is 4.90. The number of benzene rings is 2. The fourth-order valence-electron chi connectivity index (χ4n) is 2.27. The van der Waals surface area contributed by atoms with Crippen molar-refractivity contribution in [2.24, 2.45) is 0 Å². The van der Waals surface area contributed by atoms with Crippen LogP contribution < -0.4 is 4.74 Å². The quantitative estimate of drug-likeness (QED) is 0.575. The number of nitro benzene ring substituents is 1. The van der Waals surface area contributed by atoms with Gasteiger partial charge in [0.1, 0.15) is 5.82 Å². The van der Waals surface area contributed by atoms with Crippen LogP contribution >= 0.6 is 11.6 Å². The molecule has 2 aromatic rings. The molecule has 0 saturated heterocycles. The summed E-state index contributed by atoms with van der Waals surface area (Å²) in [5.41, 5.74) is 0.306. The lowest BCUT2D eigenvalue weighted by molar-refractivity contribution is -0.386. The minimum atomic E-state index is -0.960. The van der Waals surface area contributed by atoms with Gasteiger partial charge in [0.15, 0.2) is 11.9 Å². The summed E-state index contributed by atoms with van der Waals surface area (Å²) in [6.07, 6.45) is -0.960. The number of hydrogen-bond donors (Lipinski definition) is 0. The van der Waals surface area contributed by atoms with Gasteiger partial charge in [0, 0.05) is 24.7 Å². The molecule has 0 heterocycles. The standard InChI is InChI=1S/C17H16ClFN2O4/c1-11(25-16-7-6-13(18)9-15(16)21(23)24)17(22)20(2)10-12-4-3-5-14(19)8-12/h3-9,11H,10H2,1-2H3/t11-/m0/s1. The van der Waals surface area contributed by atoms with E-state index in [1.54, 1.807) is 19.2 Å². The van der Waals surface area contributed by atoms with Gasteiger partial charge in [-0.1, -0.05) is 23.7 Å². The molecule has 1 atom stereocenters. The molecular formula is C17H16ClFN2O4. The molecule has 0 aliphatic carbocycles. The topological polar surface area (TPSA) is 72.7 Å². The molecule has 8 heteroatoms. The molecule has 0 bridgehead atoms. The molecule has 132 valence electrons. The highest BCUT2D eigenvalue weighted by Gasteiger charge is 2.24. The second-order valence-corrected chi connectivity index (χ2v) is 5.89. The summed E-state index contributed by atoms with van der Waals surface area (Å²) in [4.78, 5) is 24.2. The van der Waals surface area contributed by atoms with Crippen molar-refractivity contribution in [3.05, 3.63) is 69.0 Å². The van der Waals surface area contributed by atoms with Crippen molar-refractivity contribution in [1.82, 2.24) is 4.90 Å². The Balaban J connectivity index is 2.08. The van der Waals surface area contributed by atoms with Crippen molar-refractivity contribution in [3.63, 3.8) is 0 Å². The highest BCUT2D eigenvalue weighted by molar-refractivity contribution is 6.30. The zero-order chi connectivity index (χ0) is 18.6. The number of nitrogens with zero attached hydrogens (tertiary/aromatic N) is 2. The Morgan fingerprint density at radius 1 is 1.36 bits per heavy atom. The van der Waals surface area contributed by atoms with Crippen LogP contribution in [-0.4, -0.2) is 28.9 Å². The number of nitro groups is 1. The van der Waals surface area contributed by atoms with Gasteiger partial charge in [-0.3, -0.25) is 14.9 Å². The minimum absolute atomic E-state index is 0.0468. The zero-order valence-corrected chi connectivity index (χ0v) is 14.4. The first-order valence-corrected chi connectivity index (χ1v) is 7.75. The molecule has 0 N–H and O–H groups in total. The van der Waals surface area contributed by atoms with E-state index >= 15 is 0 Å². The van der Waals surface area contributed by atoms with E-state index < -0.39 is 16.9 Å². The maximum atomic E-state index is 13.2. The number of ether oxygens (including phenoxy) is 1. The number of likely N-dealkylation sites (N-methyl/N-ethyl adjacent to an activating group) is 1. The first kappa shape index (κ1) is 18.7. The molecule has 0 aliphatic rings. The summed E-state index contributed by atoms with van der Waals surface area (Å²) in [5, 5.41) is 11.3. The minimum Gasteiger partial charge on any atom is -0.474 e. The lowest BCUT2D eigenvalue weighted by Gasteiger charge is -2.22. The first-order valence-electron chi connectivity index (χ1n) is 7.38. The molecule has 0 saturated carbocycles. The highest BCUT2D eigenvalue weighted by Crippen LogP contribution is 2.30. The van der Waals surface area contributed by atoms with Crippen molar-refractivity contribution in [1.29, 1.82) is 0 Å². The van der Waals surface area contributed by atoms with E-state index in [1.165, 1.54) is 36.1 Å². The average molecular weight is 367 g/mol. The predicted molar refractivity (Wildman–Crippen MR) is 91.1 cm³/mol. The van der Waals surface area contributed by atoms with Crippen molar-refractivity contribution in [2.45, 2.75) is 19.6 Å². The van der Waals surface area contributed by atoms with Crippen molar-refractivity contribution in [2.75, 3.05) is 7.05 Å². The van der Waals surface area contributed by atoms with E-state index in [-0.39, 0.29) is 28.8 Å². The van der Waals surface area contributed by atoms with Gasteiger partial charge in [0.2, 0.25) is 0 Å². The summed E-state index contributed by atoms with van der Waals surface area (Å²) < 4.78 is 18.7. The molecule has 25 heavy (non-hydrogen) atoms. The molecule has 1 amide bonds. The number of carbonyl (C=O) groups is 1. The maximum Gasteiger partial charge on any atom is 0.312 e. The second-order valence-electron chi connectivity index (χ2n) is 5.45. The van der Waals surface area contributed by atoms with Gasteiger partial charge in [0.05, 0.1) is 4.92 Å². The fourth-order valence-corrected chi connectivity index (χ4v) is 2.44. The second kappa shape index (κ2) is 7.94.